The van der Waals surface area contributed by atoms with Crippen molar-refractivity contribution < 1.29 is 19.4 Å². The van der Waals surface area contributed by atoms with Gasteiger partial charge in [0.25, 0.3) is 0 Å². The summed E-state index contributed by atoms with van der Waals surface area (Å²) in [4.78, 5) is 12.9. The third-order valence-electron chi connectivity index (χ3n) is 4.22. The van der Waals surface area contributed by atoms with Crippen molar-refractivity contribution in [3.63, 3.8) is 0 Å². The highest BCUT2D eigenvalue weighted by molar-refractivity contribution is 5.72. The second-order valence-electron chi connectivity index (χ2n) is 6.43. The van der Waals surface area contributed by atoms with Crippen molar-refractivity contribution in [3.8, 4) is 17.1 Å². The molecule has 0 aliphatic heterocycles. The van der Waals surface area contributed by atoms with E-state index in [0.717, 1.165) is 11.1 Å². The van der Waals surface area contributed by atoms with E-state index < -0.39 is 0 Å². The van der Waals surface area contributed by atoms with Crippen LogP contribution < -0.4 is 0 Å². The second kappa shape index (κ2) is 9.09. The second-order valence-corrected chi connectivity index (χ2v) is 6.43. The molecule has 146 valence electrons. The molecule has 0 aliphatic carbocycles. The SMILES string of the molecule is COC(=O)[C@@H](C)Cc1ccc(O)c(-c2nnn(COCc3ccccc3)n2)c1. The number of rotatable bonds is 8. The smallest absolute Gasteiger partial charge is 0.308 e. The number of carbonyl (C=O) groups is 1. The van der Waals surface area contributed by atoms with E-state index in [0.29, 0.717) is 18.6 Å². The summed E-state index contributed by atoms with van der Waals surface area (Å²) in [6.07, 6.45) is 0.480. The van der Waals surface area contributed by atoms with Gasteiger partial charge in [0.05, 0.1) is 25.2 Å². The highest BCUT2D eigenvalue weighted by Gasteiger charge is 2.17. The third kappa shape index (κ3) is 4.92. The summed E-state index contributed by atoms with van der Waals surface area (Å²) in [5, 5.41) is 22.4. The minimum absolute atomic E-state index is 0.0409. The Morgan fingerprint density at radius 3 is 2.71 bits per heavy atom. The normalized spacial score (nSPS) is 11.9. The molecule has 1 heterocycles. The number of aromatic hydroxyl groups is 1. The lowest BCUT2D eigenvalue weighted by Gasteiger charge is -2.10. The predicted octanol–water partition coefficient (Wildman–Crippen LogP) is 2.57. The zero-order valence-electron chi connectivity index (χ0n) is 15.8. The first-order valence-corrected chi connectivity index (χ1v) is 8.86. The molecule has 1 aromatic heterocycles. The maximum absolute atomic E-state index is 11.6. The summed E-state index contributed by atoms with van der Waals surface area (Å²) in [7, 11) is 1.36. The molecule has 0 saturated carbocycles. The molecule has 0 radical (unpaired) electrons. The van der Waals surface area contributed by atoms with Crippen LogP contribution in [-0.2, 0) is 34.0 Å². The van der Waals surface area contributed by atoms with E-state index in [1.807, 2.05) is 30.3 Å². The van der Waals surface area contributed by atoms with E-state index >= 15 is 0 Å². The molecule has 0 unspecified atom stereocenters. The Morgan fingerprint density at radius 1 is 1.18 bits per heavy atom. The van der Waals surface area contributed by atoms with Gasteiger partial charge in [0, 0.05) is 0 Å². The van der Waals surface area contributed by atoms with Crippen molar-refractivity contribution in [1.82, 2.24) is 20.2 Å². The fourth-order valence-electron chi connectivity index (χ4n) is 2.75. The quantitative estimate of drug-likeness (QED) is 0.598. The Bertz CT molecular complexity index is 927. The minimum Gasteiger partial charge on any atom is -0.507 e. The van der Waals surface area contributed by atoms with Gasteiger partial charge in [-0.2, -0.15) is 0 Å². The van der Waals surface area contributed by atoms with Crippen molar-refractivity contribution in [1.29, 1.82) is 0 Å². The number of nitrogens with zero attached hydrogens (tertiary/aromatic N) is 4. The van der Waals surface area contributed by atoms with E-state index in [4.69, 9.17) is 9.47 Å². The lowest BCUT2D eigenvalue weighted by molar-refractivity contribution is -0.144. The number of carbonyl (C=O) groups excluding carboxylic acids is 1. The first-order chi connectivity index (χ1) is 13.6. The Balaban J connectivity index is 1.66. The van der Waals surface area contributed by atoms with Crippen LogP contribution >= 0.6 is 0 Å². The molecule has 8 heteroatoms. The van der Waals surface area contributed by atoms with Crippen LogP contribution in [0.15, 0.2) is 48.5 Å². The maximum atomic E-state index is 11.6. The molecule has 0 spiro atoms. The van der Waals surface area contributed by atoms with Crippen LogP contribution in [-0.4, -0.2) is 38.4 Å². The summed E-state index contributed by atoms with van der Waals surface area (Å²) in [6.45, 7) is 2.36. The summed E-state index contributed by atoms with van der Waals surface area (Å²) >= 11 is 0. The molecule has 0 amide bonds. The predicted molar refractivity (Wildman–Crippen MR) is 101 cm³/mol. The topological polar surface area (TPSA) is 99.4 Å². The number of ether oxygens (including phenoxy) is 2. The zero-order valence-corrected chi connectivity index (χ0v) is 15.8. The van der Waals surface area contributed by atoms with Gasteiger partial charge in [0.15, 0.2) is 6.73 Å². The molecule has 1 N–H and O–H groups in total. The van der Waals surface area contributed by atoms with Gasteiger partial charge in [0.2, 0.25) is 5.82 Å². The van der Waals surface area contributed by atoms with Gasteiger partial charge in [-0.3, -0.25) is 4.79 Å². The molecular formula is C20H22N4O4. The van der Waals surface area contributed by atoms with E-state index in [9.17, 15) is 9.90 Å². The molecular weight excluding hydrogens is 360 g/mol. The monoisotopic (exact) mass is 382 g/mol. The van der Waals surface area contributed by atoms with E-state index in [-0.39, 0.29) is 30.2 Å². The van der Waals surface area contributed by atoms with E-state index in [1.54, 1.807) is 25.1 Å². The Hall–Kier alpha value is -3.26. The zero-order chi connectivity index (χ0) is 19.9. The summed E-state index contributed by atoms with van der Waals surface area (Å²) in [5.74, 6) is -0.251. The van der Waals surface area contributed by atoms with Crippen LogP contribution in [0, 0.1) is 5.92 Å². The molecule has 0 fully saturated rings. The van der Waals surface area contributed by atoms with Crippen LogP contribution in [0.2, 0.25) is 0 Å². The number of esters is 1. The Morgan fingerprint density at radius 2 is 1.96 bits per heavy atom. The molecule has 28 heavy (non-hydrogen) atoms. The molecule has 0 saturated heterocycles. The van der Waals surface area contributed by atoms with Crippen LogP contribution in [0.25, 0.3) is 11.4 Å². The summed E-state index contributed by atoms with van der Waals surface area (Å²) in [5.41, 5.74) is 2.36. The minimum atomic E-state index is -0.294. The highest BCUT2D eigenvalue weighted by atomic mass is 16.5. The summed E-state index contributed by atoms with van der Waals surface area (Å²) < 4.78 is 10.3. The fourth-order valence-corrected chi connectivity index (χ4v) is 2.75. The number of phenolic OH excluding ortho intramolecular Hbond substituents is 1. The molecule has 3 rings (SSSR count). The Labute approximate surface area is 162 Å². The molecule has 2 aromatic carbocycles. The number of benzene rings is 2. The summed E-state index contributed by atoms with van der Waals surface area (Å²) in [6, 6.07) is 14.8. The standard InChI is InChI=1S/C20H22N4O4/c1-14(20(26)27-2)10-16-8-9-18(25)17(11-16)19-21-23-24(22-19)13-28-12-15-6-4-3-5-7-15/h3-9,11,14,25H,10,12-13H2,1-2H3/t14-/m0/s1. The van der Waals surface area contributed by atoms with Crippen LogP contribution in [0.1, 0.15) is 18.1 Å². The van der Waals surface area contributed by atoms with Crippen molar-refractivity contribution in [3.05, 3.63) is 59.7 Å². The molecule has 0 bridgehead atoms. The lowest BCUT2D eigenvalue weighted by atomic mass is 9.99. The van der Waals surface area contributed by atoms with Gasteiger partial charge in [-0.15, -0.1) is 15.0 Å². The first kappa shape index (κ1) is 19.5. The van der Waals surface area contributed by atoms with Crippen LogP contribution in [0.3, 0.4) is 0 Å². The average molecular weight is 382 g/mol. The Kier molecular flexibility index (Phi) is 6.33. The largest absolute Gasteiger partial charge is 0.507 e. The van der Waals surface area contributed by atoms with Crippen molar-refractivity contribution in [2.24, 2.45) is 5.92 Å². The van der Waals surface area contributed by atoms with Gasteiger partial charge in [-0.1, -0.05) is 43.3 Å². The third-order valence-corrected chi connectivity index (χ3v) is 4.22. The van der Waals surface area contributed by atoms with Gasteiger partial charge in [-0.25, -0.2) is 0 Å². The van der Waals surface area contributed by atoms with E-state index in [2.05, 4.69) is 15.4 Å². The van der Waals surface area contributed by atoms with Crippen molar-refractivity contribution in [2.75, 3.05) is 7.11 Å². The van der Waals surface area contributed by atoms with Gasteiger partial charge in [-0.05, 0) is 34.9 Å². The van der Waals surface area contributed by atoms with Gasteiger partial charge >= 0.3 is 5.97 Å². The number of aromatic nitrogens is 4. The van der Waals surface area contributed by atoms with Crippen molar-refractivity contribution in [2.45, 2.75) is 26.7 Å². The number of hydrogen-bond acceptors (Lipinski definition) is 7. The van der Waals surface area contributed by atoms with Crippen LogP contribution in [0.4, 0.5) is 0 Å². The number of phenols is 1. The number of methoxy groups -OCH3 is 1. The highest BCUT2D eigenvalue weighted by Crippen LogP contribution is 2.28. The maximum Gasteiger partial charge on any atom is 0.308 e. The van der Waals surface area contributed by atoms with Crippen molar-refractivity contribution >= 4 is 5.97 Å². The molecule has 1 atom stereocenters. The molecule has 8 nitrogen and oxygen atoms in total. The molecule has 0 aliphatic rings. The van der Waals surface area contributed by atoms with Gasteiger partial charge in [0.1, 0.15) is 5.75 Å². The van der Waals surface area contributed by atoms with Crippen LogP contribution in [0.5, 0.6) is 5.75 Å². The first-order valence-electron chi connectivity index (χ1n) is 8.86. The lowest BCUT2D eigenvalue weighted by Crippen LogP contribution is -2.15. The van der Waals surface area contributed by atoms with E-state index in [1.165, 1.54) is 11.9 Å². The number of tetrazole rings is 1. The molecule has 3 aromatic rings. The fraction of sp³-hybridized carbons (Fsp3) is 0.300. The van der Waals surface area contributed by atoms with Gasteiger partial charge < -0.3 is 14.6 Å². The number of hydrogen-bond donors (Lipinski definition) is 1. The average Bonchev–Trinajstić information content (AvgIpc) is 3.18.